The van der Waals surface area contributed by atoms with E-state index in [0.29, 0.717) is 5.92 Å². The third kappa shape index (κ3) is 4.38. The maximum Gasteiger partial charge on any atom is 0.387 e. The van der Waals surface area contributed by atoms with E-state index < -0.39 is 6.61 Å². The zero-order chi connectivity index (χ0) is 15.2. The number of hydrogen-bond donors (Lipinski definition) is 1. The number of hydrogen-bond acceptors (Lipinski definition) is 3. The Labute approximate surface area is 124 Å². The van der Waals surface area contributed by atoms with E-state index in [-0.39, 0.29) is 18.0 Å². The molecule has 1 heterocycles. The zero-order valence-corrected chi connectivity index (χ0v) is 12.5. The molecule has 1 aromatic carbocycles. The third-order valence-electron chi connectivity index (χ3n) is 4.07. The van der Waals surface area contributed by atoms with Gasteiger partial charge in [-0.2, -0.15) is 8.78 Å². The molecule has 1 aliphatic heterocycles. The maximum atomic E-state index is 12.1. The fraction of sp³-hybridized carbons (Fsp3) is 0.625. The lowest BCUT2D eigenvalue weighted by molar-refractivity contribution is -0.0689. The molecule has 2 atom stereocenters. The van der Waals surface area contributed by atoms with Gasteiger partial charge in [0.1, 0.15) is 5.75 Å². The lowest BCUT2D eigenvalue weighted by atomic mass is 9.94. The van der Waals surface area contributed by atoms with E-state index in [1.54, 1.807) is 24.3 Å². The number of halogens is 2. The average molecular weight is 299 g/mol. The molecule has 1 saturated heterocycles. The molecule has 0 aromatic heterocycles. The number of nitrogens with one attached hydrogen (secondary N) is 1. The van der Waals surface area contributed by atoms with E-state index in [4.69, 9.17) is 4.74 Å². The molecule has 1 aromatic rings. The van der Waals surface area contributed by atoms with Crippen LogP contribution in [0.15, 0.2) is 24.3 Å². The van der Waals surface area contributed by atoms with Crippen molar-refractivity contribution in [3.05, 3.63) is 29.8 Å². The molecule has 0 saturated carbocycles. The third-order valence-corrected chi connectivity index (χ3v) is 4.07. The zero-order valence-electron chi connectivity index (χ0n) is 12.5. The Balaban J connectivity index is 2.00. The highest BCUT2D eigenvalue weighted by atomic mass is 19.3. The van der Waals surface area contributed by atoms with Gasteiger partial charge < -0.3 is 14.8 Å². The van der Waals surface area contributed by atoms with Gasteiger partial charge in [0.15, 0.2) is 0 Å². The Morgan fingerprint density at radius 3 is 2.43 bits per heavy atom. The van der Waals surface area contributed by atoms with E-state index >= 15 is 0 Å². The van der Waals surface area contributed by atoms with Gasteiger partial charge in [-0.25, -0.2) is 0 Å². The van der Waals surface area contributed by atoms with Crippen LogP contribution < -0.4 is 10.1 Å². The molecule has 1 fully saturated rings. The first-order valence-corrected chi connectivity index (χ1v) is 7.55. The van der Waals surface area contributed by atoms with Crippen molar-refractivity contribution >= 4 is 0 Å². The number of ether oxygens (including phenoxy) is 2. The fourth-order valence-electron chi connectivity index (χ4n) is 2.82. The van der Waals surface area contributed by atoms with Crippen molar-refractivity contribution in [3.63, 3.8) is 0 Å². The molecule has 21 heavy (non-hydrogen) atoms. The van der Waals surface area contributed by atoms with Gasteiger partial charge in [0.2, 0.25) is 0 Å². The molecular formula is C16H23F2NO2. The van der Waals surface area contributed by atoms with Crippen molar-refractivity contribution in [1.29, 1.82) is 0 Å². The van der Waals surface area contributed by atoms with Crippen molar-refractivity contribution in [2.45, 2.75) is 45.5 Å². The van der Waals surface area contributed by atoms with Gasteiger partial charge in [-0.3, -0.25) is 0 Å². The average Bonchev–Trinajstić information content (AvgIpc) is 2.49. The summed E-state index contributed by atoms with van der Waals surface area (Å²) >= 11 is 0. The van der Waals surface area contributed by atoms with Crippen LogP contribution in [0.3, 0.4) is 0 Å². The molecular weight excluding hydrogens is 276 g/mol. The van der Waals surface area contributed by atoms with Crippen LogP contribution >= 0.6 is 0 Å². The monoisotopic (exact) mass is 299 g/mol. The lowest BCUT2D eigenvalue weighted by Crippen LogP contribution is -2.44. The van der Waals surface area contributed by atoms with Gasteiger partial charge in [0.05, 0.1) is 12.2 Å². The van der Waals surface area contributed by atoms with Crippen molar-refractivity contribution < 1.29 is 18.3 Å². The minimum atomic E-state index is -2.79. The Morgan fingerprint density at radius 2 is 1.86 bits per heavy atom. The standard InChI is InChI=1S/C16H23F2NO2/c1-3-11(4-2)14-9-19-10-15(21-14)12-5-7-13(8-6-12)20-16(17)18/h5-8,11,14-16,19H,3-4,9-10H2,1-2H3. The van der Waals surface area contributed by atoms with Gasteiger partial charge in [0, 0.05) is 13.1 Å². The SMILES string of the molecule is CCC(CC)C1CNCC(c2ccc(OC(F)F)cc2)O1. The van der Waals surface area contributed by atoms with Crippen LogP contribution in [0.25, 0.3) is 0 Å². The Bertz CT molecular complexity index is 421. The van der Waals surface area contributed by atoms with Crippen LogP contribution in [0.1, 0.15) is 38.4 Å². The predicted molar refractivity (Wildman–Crippen MR) is 77.6 cm³/mol. The van der Waals surface area contributed by atoms with Gasteiger partial charge in [-0.15, -0.1) is 0 Å². The summed E-state index contributed by atoms with van der Waals surface area (Å²) < 4.78 is 34.8. The second-order valence-corrected chi connectivity index (χ2v) is 5.35. The van der Waals surface area contributed by atoms with Gasteiger partial charge >= 0.3 is 6.61 Å². The molecule has 0 radical (unpaired) electrons. The van der Waals surface area contributed by atoms with Crippen molar-refractivity contribution in [3.8, 4) is 5.75 Å². The van der Waals surface area contributed by atoms with E-state index in [0.717, 1.165) is 31.5 Å². The van der Waals surface area contributed by atoms with E-state index in [9.17, 15) is 8.78 Å². The van der Waals surface area contributed by atoms with Crippen LogP contribution in [0.4, 0.5) is 8.78 Å². The molecule has 2 rings (SSSR count). The fourth-order valence-corrected chi connectivity index (χ4v) is 2.82. The quantitative estimate of drug-likeness (QED) is 0.867. The van der Waals surface area contributed by atoms with E-state index in [2.05, 4.69) is 23.9 Å². The molecule has 1 N–H and O–H groups in total. The normalized spacial score (nSPS) is 22.8. The molecule has 3 nitrogen and oxygen atoms in total. The molecule has 0 spiro atoms. The summed E-state index contributed by atoms with van der Waals surface area (Å²) in [6.07, 6.45) is 2.36. The predicted octanol–water partition coefficient (Wildman–Crippen LogP) is 3.75. The van der Waals surface area contributed by atoms with Gasteiger partial charge in [-0.1, -0.05) is 38.8 Å². The molecule has 0 amide bonds. The minimum Gasteiger partial charge on any atom is -0.435 e. The maximum absolute atomic E-state index is 12.1. The Hall–Kier alpha value is -1.20. The van der Waals surface area contributed by atoms with Crippen LogP contribution in [0.5, 0.6) is 5.75 Å². The highest BCUT2D eigenvalue weighted by Gasteiger charge is 2.27. The number of alkyl halides is 2. The highest BCUT2D eigenvalue weighted by Crippen LogP contribution is 2.28. The lowest BCUT2D eigenvalue weighted by Gasteiger charge is -2.35. The smallest absolute Gasteiger partial charge is 0.387 e. The summed E-state index contributed by atoms with van der Waals surface area (Å²) in [6, 6.07) is 6.70. The second kappa shape index (κ2) is 7.71. The molecule has 2 unspecified atom stereocenters. The van der Waals surface area contributed by atoms with Gasteiger partial charge in [-0.05, 0) is 23.6 Å². The Kier molecular flexibility index (Phi) is 5.94. The summed E-state index contributed by atoms with van der Waals surface area (Å²) in [5.41, 5.74) is 0.986. The van der Waals surface area contributed by atoms with Crippen molar-refractivity contribution in [2.75, 3.05) is 13.1 Å². The first kappa shape index (κ1) is 16.2. The number of rotatable bonds is 6. The van der Waals surface area contributed by atoms with Crippen LogP contribution in [0, 0.1) is 5.92 Å². The minimum absolute atomic E-state index is 0.0371. The summed E-state index contributed by atoms with van der Waals surface area (Å²) in [6.45, 7) is 3.18. The summed E-state index contributed by atoms with van der Waals surface area (Å²) in [7, 11) is 0. The summed E-state index contributed by atoms with van der Waals surface area (Å²) in [5, 5.41) is 3.40. The molecule has 0 bridgehead atoms. The second-order valence-electron chi connectivity index (χ2n) is 5.35. The van der Waals surface area contributed by atoms with Crippen LogP contribution in [0.2, 0.25) is 0 Å². The first-order chi connectivity index (χ1) is 10.1. The molecule has 5 heteroatoms. The Morgan fingerprint density at radius 1 is 1.19 bits per heavy atom. The topological polar surface area (TPSA) is 30.5 Å². The van der Waals surface area contributed by atoms with Crippen LogP contribution in [-0.2, 0) is 4.74 Å². The number of morpholine rings is 1. The highest BCUT2D eigenvalue weighted by molar-refractivity contribution is 5.29. The molecule has 1 aliphatic rings. The summed E-state index contributed by atoms with van der Waals surface area (Å²) in [4.78, 5) is 0. The molecule has 0 aliphatic carbocycles. The van der Waals surface area contributed by atoms with E-state index in [1.165, 1.54) is 0 Å². The summed E-state index contributed by atoms with van der Waals surface area (Å²) in [5.74, 6) is 0.718. The first-order valence-electron chi connectivity index (χ1n) is 7.55. The number of benzene rings is 1. The van der Waals surface area contributed by atoms with Crippen LogP contribution in [-0.4, -0.2) is 25.8 Å². The van der Waals surface area contributed by atoms with E-state index in [1.807, 2.05) is 0 Å². The largest absolute Gasteiger partial charge is 0.435 e. The molecule has 118 valence electrons. The van der Waals surface area contributed by atoms with Crippen molar-refractivity contribution in [1.82, 2.24) is 5.32 Å². The van der Waals surface area contributed by atoms with Crippen molar-refractivity contribution in [2.24, 2.45) is 5.92 Å². The van der Waals surface area contributed by atoms with Gasteiger partial charge in [0.25, 0.3) is 0 Å².